The van der Waals surface area contributed by atoms with Crippen molar-refractivity contribution in [3.05, 3.63) is 35.6 Å². The summed E-state index contributed by atoms with van der Waals surface area (Å²) in [6, 6.07) is 7.76. The lowest BCUT2D eigenvalue weighted by Crippen LogP contribution is -2.29. The Balaban J connectivity index is 2.24. The van der Waals surface area contributed by atoms with Gasteiger partial charge in [0.15, 0.2) is 0 Å². The van der Waals surface area contributed by atoms with E-state index in [4.69, 9.17) is 5.26 Å². The molecule has 1 unspecified atom stereocenters. The van der Waals surface area contributed by atoms with Crippen molar-refractivity contribution in [2.24, 2.45) is 0 Å². The Morgan fingerprint density at radius 2 is 2.35 bits per heavy atom. The van der Waals surface area contributed by atoms with Crippen molar-refractivity contribution >= 4 is 6.03 Å². The standard InChI is InChI=1S/C12H12FN3O/c1-15-11(8-16(6-5-14)12(15)17)9-3-2-4-10(13)7-9/h2-4,7,11H,6,8H2,1H3. The molecule has 1 aromatic rings. The van der Waals surface area contributed by atoms with Crippen LogP contribution in [0.2, 0.25) is 0 Å². The van der Waals surface area contributed by atoms with Crippen LogP contribution in [0, 0.1) is 17.1 Å². The molecule has 5 heteroatoms. The van der Waals surface area contributed by atoms with Crippen molar-refractivity contribution in [3.8, 4) is 6.07 Å². The third-order valence-corrected chi connectivity index (χ3v) is 2.93. The number of carbonyl (C=O) groups excluding carboxylic acids is 1. The number of amides is 2. The summed E-state index contributed by atoms with van der Waals surface area (Å²) < 4.78 is 13.1. The van der Waals surface area contributed by atoms with Gasteiger partial charge in [0.1, 0.15) is 12.4 Å². The fourth-order valence-electron chi connectivity index (χ4n) is 2.03. The van der Waals surface area contributed by atoms with Gasteiger partial charge in [-0.15, -0.1) is 0 Å². The Morgan fingerprint density at radius 1 is 1.59 bits per heavy atom. The zero-order valence-electron chi connectivity index (χ0n) is 9.43. The number of benzene rings is 1. The molecule has 1 aliphatic rings. The molecule has 88 valence electrons. The second kappa shape index (κ2) is 4.42. The molecule has 17 heavy (non-hydrogen) atoms. The van der Waals surface area contributed by atoms with Crippen molar-refractivity contribution in [1.82, 2.24) is 9.80 Å². The molecule has 1 fully saturated rings. The van der Waals surface area contributed by atoms with Crippen LogP contribution in [0.25, 0.3) is 0 Å². The van der Waals surface area contributed by atoms with Gasteiger partial charge in [-0.25, -0.2) is 9.18 Å². The van der Waals surface area contributed by atoms with Crippen LogP contribution in [0.15, 0.2) is 24.3 Å². The summed E-state index contributed by atoms with van der Waals surface area (Å²) in [5.74, 6) is -0.318. The SMILES string of the molecule is CN1C(=O)N(CC#N)CC1c1cccc(F)c1. The monoisotopic (exact) mass is 233 g/mol. The second-order valence-electron chi connectivity index (χ2n) is 4.00. The average molecular weight is 233 g/mol. The van der Waals surface area contributed by atoms with Crippen LogP contribution >= 0.6 is 0 Å². The molecule has 0 N–H and O–H groups in total. The molecule has 0 radical (unpaired) electrons. The largest absolute Gasteiger partial charge is 0.321 e. The molecule has 4 nitrogen and oxygen atoms in total. The van der Waals surface area contributed by atoms with Crippen LogP contribution in [0.1, 0.15) is 11.6 Å². The third-order valence-electron chi connectivity index (χ3n) is 2.93. The highest BCUT2D eigenvalue weighted by Crippen LogP contribution is 2.27. The zero-order chi connectivity index (χ0) is 12.4. The van der Waals surface area contributed by atoms with Crippen LogP contribution in [-0.4, -0.2) is 36.0 Å². The summed E-state index contributed by atoms with van der Waals surface area (Å²) in [5, 5.41) is 8.61. The summed E-state index contributed by atoms with van der Waals surface area (Å²) in [7, 11) is 1.66. The second-order valence-corrected chi connectivity index (χ2v) is 4.00. The number of hydrogen-bond donors (Lipinski definition) is 0. The van der Waals surface area contributed by atoms with Crippen molar-refractivity contribution in [3.63, 3.8) is 0 Å². The lowest BCUT2D eigenvalue weighted by Gasteiger charge is -2.17. The zero-order valence-corrected chi connectivity index (χ0v) is 9.43. The Hall–Kier alpha value is -2.09. The van der Waals surface area contributed by atoms with Gasteiger partial charge >= 0.3 is 6.03 Å². The molecular weight excluding hydrogens is 221 g/mol. The lowest BCUT2D eigenvalue weighted by molar-refractivity contribution is 0.199. The number of likely N-dealkylation sites (N-methyl/N-ethyl adjacent to an activating group) is 1. The highest BCUT2D eigenvalue weighted by Gasteiger charge is 2.35. The Kier molecular flexibility index (Phi) is 2.96. The van der Waals surface area contributed by atoms with E-state index >= 15 is 0 Å². The van der Waals surface area contributed by atoms with E-state index in [1.807, 2.05) is 6.07 Å². The summed E-state index contributed by atoms with van der Waals surface area (Å²) in [5.41, 5.74) is 0.751. The molecule has 1 atom stereocenters. The normalized spacial score (nSPS) is 19.6. The molecule has 0 spiro atoms. The highest BCUT2D eigenvalue weighted by atomic mass is 19.1. The predicted octanol–water partition coefficient (Wildman–Crippen LogP) is 1.76. The molecular formula is C12H12FN3O. The molecule has 0 bridgehead atoms. The summed E-state index contributed by atoms with van der Waals surface area (Å²) in [6.45, 7) is 0.487. The average Bonchev–Trinajstić information content (AvgIpc) is 2.58. The minimum atomic E-state index is -0.318. The molecule has 1 aliphatic heterocycles. The number of halogens is 1. The number of nitriles is 1. The minimum Gasteiger partial charge on any atom is -0.319 e. The van der Waals surface area contributed by atoms with E-state index in [9.17, 15) is 9.18 Å². The molecule has 0 aromatic heterocycles. The Labute approximate surface area is 98.9 Å². The maximum absolute atomic E-state index is 13.1. The van der Waals surface area contributed by atoms with Gasteiger partial charge in [-0.3, -0.25) is 0 Å². The van der Waals surface area contributed by atoms with E-state index in [0.717, 1.165) is 5.56 Å². The maximum atomic E-state index is 13.1. The van der Waals surface area contributed by atoms with E-state index < -0.39 is 0 Å². The van der Waals surface area contributed by atoms with E-state index in [0.29, 0.717) is 6.54 Å². The maximum Gasteiger partial charge on any atom is 0.321 e. The Bertz CT molecular complexity index is 483. The fraction of sp³-hybridized carbons (Fsp3) is 0.333. The summed E-state index contributed by atoms with van der Waals surface area (Å²) in [4.78, 5) is 14.8. The number of urea groups is 1. The Morgan fingerprint density at radius 3 is 3.00 bits per heavy atom. The van der Waals surface area contributed by atoms with Gasteiger partial charge < -0.3 is 9.80 Å². The van der Waals surface area contributed by atoms with Crippen molar-refractivity contribution in [1.29, 1.82) is 5.26 Å². The summed E-state index contributed by atoms with van der Waals surface area (Å²) >= 11 is 0. The molecule has 2 amide bonds. The lowest BCUT2D eigenvalue weighted by atomic mass is 10.1. The van der Waals surface area contributed by atoms with E-state index in [1.165, 1.54) is 21.9 Å². The smallest absolute Gasteiger partial charge is 0.319 e. The highest BCUT2D eigenvalue weighted by molar-refractivity contribution is 5.77. The topological polar surface area (TPSA) is 47.3 Å². The van der Waals surface area contributed by atoms with Gasteiger partial charge in [0, 0.05) is 13.6 Å². The fourth-order valence-corrected chi connectivity index (χ4v) is 2.03. The molecule has 1 heterocycles. The first kappa shape index (κ1) is 11.4. The van der Waals surface area contributed by atoms with Gasteiger partial charge in [0.05, 0.1) is 12.1 Å². The number of hydrogen-bond acceptors (Lipinski definition) is 2. The molecule has 2 rings (SSSR count). The van der Waals surface area contributed by atoms with Crippen LogP contribution in [-0.2, 0) is 0 Å². The van der Waals surface area contributed by atoms with Crippen LogP contribution < -0.4 is 0 Å². The molecule has 1 aromatic carbocycles. The van der Waals surface area contributed by atoms with Crippen LogP contribution in [0.3, 0.4) is 0 Å². The van der Waals surface area contributed by atoms with Gasteiger partial charge in [-0.1, -0.05) is 12.1 Å². The van der Waals surface area contributed by atoms with Crippen molar-refractivity contribution < 1.29 is 9.18 Å². The number of nitrogens with zero attached hydrogens (tertiary/aromatic N) is 3. The number of rotatable bonds is 2. The molecule has 0 saturated carbocycles. The van der Waals surface area contributed by atoms with Crippen molar-refractivity contribution in [2.45, 2.75) is 6.04 Å². The molecule has 0 aliphatic carbocycles. The minimum absolute atomic E-state index is 0.0645. The van der Waals surface area contributed by atoms with Gasteiger partial charge in [-0.2, -0.15) is 5.26 Å². The third kappa shape index (κ3) is 2.07. The first-order valence-corrected chi connectivity index (χ1v) is 5.27. The van der Waals surface area contributed by atoms with E-state index in [1.54, 1.807) is 19.2 Å². The van der Waals surface area contributed by atoms with Gasteiger partial charge in [-0.05, 0) is 17.7 Å². The number of carbonyl (C=O) groups is 1. The molecule has 1 saturated heterocycles. The van der Waals surface area contributed by atoms with Gasteiger partial charge in [0.2, 0.25) is 0 Å². The quantitative estimate of drug-likeness (QED) is 0.731. The van der Waals surface area contributed by atoms with Crippen LogP contribution in [0.5, 0.6) is 0 Å². The first-order valence-electron chi connectivity index (χ1n) is 5.27. The van der Waals surface area contributed by atoms with E-state index in [-0.39, 0.29) is 24.4 Å². The predicted molar refractivity (Wildman–Crippen MR) is 59.5 cm³/mol. The van der Waals surface area contributed by atoms with Crippen molar-refractivity contribution in [2.75, 3.05) is 20.1 Å². The van der Waals surface area contributed by atoms with Gasteiger partial charge in [0.25, 0.3) is 0 Å². The summed E-state index contributed by atoms with van der Waals surface area (Å²) in [6.07, 6.45) is 0. The van der Waals surface area contributed by atoms with E-state index in [2.05, 4.69) is 0 Å². The first-order chi connectivity index (χ1) is 8.13. The van der Waals surface area contributed by atoms with Crippen LogP contribution in [0.4, 0.5) is 9.18 Å².